The van der Waals surface area contributed by atoms with E-state index in [0.29, 0.717) is 12.1 Å². The Morgan fingerprint density at radius 2 is 2.22 bits per heavy atom. The Morgan fingerprint density at radius 3 is 2.89 bits per heavy atom. The number of nitrogens with zero attached hydrogens (tertiary/aromatic N) is 1. The van der Waals surface area contributed by atoms with Gasteiger partial charge in [-0.3, -0.25) is 0 Å². The monoisotopic (exact) mass is 250 g/mol. The number of halogens is 1. The number of nitrogens with one attached hydrogen (secondary N) is 1. The molecule has 0 aromatic heterocycles. The van der Waals surface area contributed by atoms with Crippen molar-refractivity contribution >= 4 is 5.69 Å². The Morgan fingerprint density at radius 1 is 1.44 bits per heavy atom. The number of piperidine rings is 1. The number of hydrogen-bond donors (Lipinski definition) is 1. The summed E-state index contributed by atoms with van der Waals surface area (Å²) in [6, 6.07) is 6.44. The highest BCUT2D eigenvalue weighted by Crippen LogP contribution is 2.28. The molecule has 1 aromatic carbocycles. The van der Waals surface area contributed by atoms with Gasteiger partial charge in [0, 0.05) is 29.9 Å². The lowest BCUT2D eigenvalue weighted by atomic mass is 9.96. The summed E-state index contributed by atoms with van der Waals surface area (Å²) in [6.07, 6.45) is 2.26. The summed E-state index contributed by atoms with van der Waals surface area (Å²) in [4.78, 5) is 2.34. The Balaban J connectivity index is 2.13. The molecule has 2 nitrogen and oxygen atoms in total. The Kier molecular flexibility index (Phi) is 4.23. The van der Waals surface area contributed by atoms with Gasteiger partial charge in [0.1, 0.15) is 5.82 Å². The molecule has 0 bridgehead atoms. The SMILES string of the molecule is CCNC1CCN(c2cccc(F)c2C)C(C)C1. The fourth-order valence-electron chi connectivity index (χ4n) is 2.91. The minimum atomic E-state index is -0.103. The molecule has 1 aliphatic heterocycles. The van der Waals surface area contributed by atoms with E-state index in [1.165, 1.54) is 6.07 Å². The fraction of sp³-hybridized carbons (Fsp3) is 0.600. The topological polar surface area (TPSA) is 15.3 Å². The molecule has 0 radical (unpaired) electrons. The Hall–Kier alpha value is -1.09. The van der Waals surface area contributed by atoms with Crippen LogP contribution in [0.4, 0.5) is 10.1 Å². The van der Waals surface area contributed by atoms with E-state index in [1.807, 2.05) is 13.0 Å². The van der Waals surface area contributed by atoms with Gasteiger partial charge in [-0.15, -0.1) is 0 Å². The molecule has 1 aliphatic rings. The molecular weight excluding hydrogens is 227 g/mol. The number of benzene rings is 1. The second-order valence-electron chi connectivity index (χ2n) is 5.21. The van der Waals surface area contributed by atoms with Crippen molar-refractivity contribution in [1.29, 1.82) is 0 Å². The van der Waals surface area contributed by atoms with Crippen LogP contribution in [0.25, 0.3) is 0 Å². The summed E-state index contributed by atoms with van der Waals surface area (Å²) in [5.74, 6) is -0.103. The molecule has 1 N–H and O–H groups in total. The van der Waals surface area contributed by atoms with Crippen LogP contribution < -0.4 is 10.2 Å². The average Bonchev–Trinajstić information content (AvgIpc) is 2.34. The van der Waals surface area contributed by atoms with Gasteiger partial charge in [0.25, 0.3) is 0 Å². The van der Waals surface area contributed by atoms with Crippen LogP contribution in [0.3, 0.4) is 0 Å². The third kappa shape index (κ3) is 2.66. The van der Waals surface area contributed by atoms with Crippen LogP contribution in [0.5, 0.6) is 0 Å². The van der Waals surface area contributed by atoms with Gasteiger partial charge in [-0.05, 0) is 45.4 Å². The van der Waals surface area contributed by atoms with Crippen molar-refractivity contribution in [1.82, 2.24) is 5.32 Å². The molecule has 18 heavy (non-hydrogen) atoms. The molecule has 0 amide bonds. The molecule has 0 spiro atoms. The van der Waals surface area contributed by atoms with Crippen LogP contribution in [0.15, 0.2) is 18.2 Å². The molecular formula is C15H23FN2. The Labute approximate surface area is 109 Å². The lowest BCUT2D eigenvalue weighted by molar-refractivity contribution is 0.373. The van der Waals surface area contributed by atoms with Crippen molar-refractivity contribution in [2.75, 3.05) is 18.0 Å². The van der Waals surface area contributed by atoms with Crippen LogP contribution in [0, 0.1) is 12.7 Å². The first-order chi connectivity index (χ1) is 8.63. The smallest absolute Gasteiger partial charge is 0.128 e. The van der Waals surface area contributed by atoms with E-state index in [-0.39, 0.29) is 5.82 Å². The summed E-state index contributed by atoms with van der Waals surface area (Å²) in [5, 5.41) is 3.51. The van der Waals surface area contributed by atoms with Gasteiger partial charge in [0.15, 0.2) is 0 Å². The first-order valence-electron chi connectivity index (χ1n) is 6.88. The molecule has 1 saturated heterocycles. The highest BCUT2D eigenvalue weighted by atomic mass is 19.1. The largest absolute Gasteiger partial charge is 0.368 e. The highest BCUT2D eigenvalue weighted by molar-refractivity contribution is 5.54. The average molecular weight is 250 g/mol. The lowest BCUT2D eigenvalue weighted by Gasteiger charge is -2.40. The van der Waals surface area contributed by atoms with Gasteiger partial charge in [-0.25, -0.2) is 4.39 Å². The van der Waals surface area contributed by atoms with Crippen molar-refractivity contribution in [2.45, 2.75) is 45.7 Å². The maximum Gasteiger partial charge on any atom is 0.128 e. The normalized spacial score (nSPS) is 24.3. The van der Waals surface area contributed by atoms with Crippen LogP contribution in [-0.4, -0.2) is 25.2 Å². The van der Waals surface area contributed by atoms with Gasteiger partial charge >= 0.3 is 0 Å². The van der Waals surface area contributed by atoms with Crippen LogP contribution in [0.2, 0.25) is 0 Å². The van der Waals surface area contributed by atoms with Gasteiger partial charge in [-0.2, -0.15) is 0 Å². The molecule has 100 valence electrons. The minimum Gasteiger partial charge on any atom is -0.368 e. The zero-order valence-electron chi connectivity index (χ0n) is 11.5. The molecule has 2 rings (SSSR count). The second-order valence-corrected chi connectivity index (χ2v) is 5.21. The summed E-state index contributed by atoms with van der Waals surface area (Å²) < 4.78 is 13.6. The molecule has 1 fully saturated rings. The van der Waals surface area contributed by atoms with E-state index >= 15 is 0 Å². The maximum absolute atomic E-state index is 13.6. The maximum atomic E-state index is 13.6. The van der Waals surface area contributed by atoms with Crippen LogP contribution in [-0.2, 0) is 0 Å². The zero-order chi connectivity index (χ0) is 13.1. The van der Waals surface area contributed by atoms with Gasteiger partial charge in [0.2, 0.25) is 0 Å². The van der Waals surface area contributed by atoms with Crippen molar-refractivity contribution in [3.05, 3.63) is 29.6 Å². The predicted molar refractivity (Wildman–Crippen MR) is 74.6 cm³/mol. The van der Waals surface area contributed by atoms with E-state index in [2.05, 4.69) is 24.1 Å². The number of anilines is 1. The van der Waals surface area contributed by atoms with Crippen LogP contribution >= 0.6 is 0 Å². The van der Waals surface area contributed by atoms with Gasteiger partial charge < -0.3 is 10.2 Å². The van der Waals surface area contributed by atoms with E-state index in [4.69, 9.17) is 0 Å². The molecule has 1 aromatic rings. The Bertz CT molecular complexity index is 405. The third-order valence-electron chi connectivity index (χ3n) is 3.92. The molecule has 3 heteroatoms. The lowest BCUT2D eigenvalue weighted by Crippen LogP contribution is -2.47. The second kappa shape index (κ2) is 5.70. The fourth-order valence-corrected chi connectivity index (χ4v) is 2.91. The van der Waals surface area contributed by atoms with Crippen molar-refractivity contribution < 1.29 is 4.39 Å². The van der Waals surface area contributed by atoms with Crippen molar-refractivity contribution in [3.63, 3.8) is 0 Å². The predicted octanol–water partition coefficient (Wildman–Crippen LogP) is 3.10. The molecule has 2 atom stereocenters. The number of rotatable bonds is 3. The highest BCUT2D eigenvalue weighted by Gasteiger charge is 2.26. The minimum absolute atomic E-state index is 0.103. The van der Waals surface area contributed by atoms with Gasteiger partial charge in [0.05, 0.1) is 0 Å². The molecule has 0 saturated carbocycles. The third-order valence-corrected chi connectivity index (χ3v) is 3.92. The summed E-state index contributed by atoms with van der Waals surface area (Å²) in [5.41, 5.74) is 1.82. The van der Waals surface area contributed by atoms with Crippen molar-refractivity contribution in [2.24, 2.45) is 0 Å². The van der Waals surface area contributed by atoms with Crippen molar-refractivity contribution in [3.8, 4) is 0 Å². The van der Waals surface area contributed by atoms with Gasteiger partial charge in [-0.1, -0.05) is 13.0 Å². The van der Waals surface area contributed by atoms with E-state index in [9.17, 15) is 4.39 Å². The summed E-state index contributed by atoms with van der Waals surface area (Å²) in [7, 11) is 0. The first-order valence-corrected chi connectivity index (χ1v) is 6.88. The summed E-state index contributed by atoms with van der Waals surface area (Å²) >= 11 is 0. The number of hydrogen-bond acceptors (Lipinski definition) is 2. The first kappa shape index (κ1) is 13.3. The zero-order valence-corrected chi connectivity index (χ0v) is 11.5. The van der Waals surface area contributed by atoms with E-state index in [1.54, 1.807) is 6.07 Å². The quantitative estimate of drug-likeness (QED) is 0.886. The standard InChI is InChI=1S/C15H23FN2/c1-4-17-13-8-9-18(11(2)10-13)15-7-5-6-14(16)12(15)3/h5-7,11,13,17H,4,8-10H2,1-3H3. The summed E-state index contributed by atoms with van der Waals surface area (Å²) in [6.45, 7) is 8.27. The molecule has 2 unspecified atom stereocenters. The van der Waals surface area contributed by atoms with E-state index in [0.717, 1.165) is 37.2 Å². The molecule has 1 heterocycles. The van der Waals surface area contributed by atoms with E-state index < -0.39 is 0 Å². The van der Waals surface area contributed by atoms with Crippen LogP contribution in [0.1, 0.15) is 32.3 Å². The molecule has 0 aliphatic carbocycles.